The quantitative estimate of drug-likeness (QED) is 0.808. The summed E-state index contributed by atoms with van der Waals surface area (Å²) in [7, 11) is 0. The Kier molecular flexibility index (Phi) is 4.10. The maximum Gasteiger partial charge on any atom is 0.237 e. The van der Waals surface area contributed by atoms with Gasteiger partial charge < -0.3 is 9.26 Å². The molecule has 3 rings (SSSR count). The fourth-order valence-corrected chi connectivity index (χ4v) is 2.51. The third-order valence-electron chi connectivity index (χ3n) is 3.87. The topological polar surface area (TPSA) is 65.2 Å². The number of hydrogen-bond acceptors (Lipinski definition) is 5. The molecule has 21 heavy (non-hydrogen) atoms. The molecule has 0 saturated carbocycles. The van der Waals surface area contributed by atoms with E-state index in [0.717, 1.165) is 26.1 Å². The minimum atomic E-state index is -0.423. The van der Waals surface area contributed by atoms with Crippen LogP contribution in [0.5, 0.6) is 0 Å². The fraction of sp³-hybridized carbons (Fsp3) is 0.438. The number of carbonyl (C=O) groups excluding carboxylic acids is 1. The van der Waals surface area contributed by atoms with Crippen LogP contribution in [0.2, 0.25) is 0 Å². The molecule has 5 heteroatoms. The van der Waals surface area contributed by atoms with E-state index >= 15 is 0 Å². The van der Waals surface area contributed by atoms with Gasteiger partial charge in [0.2, 0.25) is 5.89 Å². The molecule has 110 valence electrons. The monoisotopic (exact) mass is 286 g/mol. The first-order valence-electron chi connectivity index (χ1n) is 7.26. The largest absolute Gasteiger partial charge is 0.381 e. The van der Waals surface area contributed by atoms with E-state index in [1.165, 1.54) is 0 Å². The van der Waals surface area contributed by atoms with Gasteiger partial charge in [-0.05, 0) is 19.8 Å². The molecule has 0 radical (unpaired) electrons. The normalized spacial score (nSPS) is 17.6. The number of Topliss-reactive ketones (excluding diaryl/α,β-unsaturated/α-hetero) is 1. The van der Waals surface area contributed by atoms with Gasteiger partial charge >= 0.3 is 0 Å². The first-order valence-corrected chi connectivity index (χ1v) is 7.26. The lowest BCUT2D eigenvalue weighted by molar-refractivity contribution is 0.0830. The van der Waals surface area contributed by atoms with Gasteiger partial charge in [0.1, 0.15) is 0 Å². The lowest BCUT2D eigenvalue weighted by Gasteiger charge is -2.18. The van der Waals surface area contributed by atoms with Crippen molar-refractivity contribution in [2.75, 3.05) is 13.2 Å². The highest BCUT2D eigenvalue weighted by Crippen LogP contribution is 2.26. The second kappa shape index (κ2) is 6.18. The SMILES string of the molecule is CC(C(=O)c1ccccc1)c1nc(C2CCOCC2)no1. The molecule has 0 N–H and O–H groups in total. The van der Waals surface area contributed by atoms with Crippen LogP contribution in [0.25, 0.3) is 0 Å². The van der Waals surface area contributed by atoms with E-state index in [9.17, 15) is 4.79 Å². The molecule has 1 aliphatic rings. The van der Waals surface area contributed by atoms with Gasteiger partial charge in [-0.25, -0.2) is 0 Å². The van der Waals surface area contributed by atoms with Crippen molar-refractivity contribution in [3.8, 4) is 0 Å². The van der Waals surface area contributed by atoms with Gasteiger partial charge in [0, 0.05) is 24.7 Å². The molecule has 0 amide bonds. The van der Waals surface area contributed by atoms with Gasteiger partial charge in [-0.2, -0.15) is 4.98 Å². The Morgan fingerprint density at radius 2 is 1.95 bits per heavy atom. The van der Waals surface area contributed by atoms with E-state index in [0.29, 0.717) is 17.3 Å². The van der Waals surface area contributed by atoms with Crippen LogP contribution in [0.4, 0.5) is 0 Å². The van der Waals surface area contributed by atoms with Crippen molar-refractivity contribution in [1.82, 2.24) is 10.1 Å². The zero-order valence-corrected chi connectivity index (χ0v) is 12.0. The summed E-state index contributed by atoms with van der Waals surface area (Å²) in [5, 5.41) is 4.04. The molecule has 1 aromatic heterocycles. The number of hydrogen-bond donors (Lipinski definition) is 0. The molecule has 2 heterocycles. The van der Waals surface area contributed by atoms with Crippen LogP contribution in [0, 0.1) is 0 Å². The van der Waals surface area contributed by atoms with Gasteiger partial charge in [-0.15, -0.1) is 0 Å². The molecule has 1 unspecified atom stereocenters. The second-order valence-corrected chi connectivity index (χ2v) is 5.33. The number of benzene rings is 1. The van der Waals surface area contributed by atoms with E-state index < -0.39 is 5.92 Å². The molecule has 1 fully saturated rings. The average molecular weight is 286 g/mol. The van der Waals surface area contributed by atoms with E-state index in [2.05, 4.69) is 10.1 Å². The van der Waals surface area contributed by atoms with Crippen molar-refractivity contribution in [2.45, 2.75) is 31.6 Å². The molecule has 1 atom stereocenters. The second-order valence-electron chi connectivity index (χ2n) is 5.33. The van der Waals surface area contributed by atoms with Crippen molar-refractivity contribution < 1.29 is 14.1 Å². The molecule has 0 bridgehead atoms. The van der Waals surface area contributed by atoms with Crippen LogP contribution in [-0.4, -0.2) is 29.1 Å². The lowest BCUT2D eigenvalue weighted by atomic mass is 9.98. The van der Waals surface area contributed by atoms with Crippen LogP contribution >= 0.6 is 0 Å². The molecule has 0 aliphatic carbocycles. The third kappa shape index (κ3) is 3.03. The predicted octanol–water partition coefficient (Wildman–Crippen LogP) is 2.95. The Morgan fingerprint density at radius 3 is 2.67 bits per heavy atom. The zero-order chi connectivity index (χ0) is 14.7. The summed E-state index contributed by atoms with van der Waals surface area (Å²) in [5.74, 6) is 0.938. The summed E-state index contributed by atoms with van der Waals surface area (Å²) in [6, 6.07) is 9.18. The molecule has 0 spiro atoms. The first kappa shape index (κ1) is 13.9. The average Bonchev–Trinajstić information content (AvgIpc) is 3.05. The van der Waals surface area contributed by atoms with E-state index in [4.69, 9.17) is 9.26 Å². The van der Waals surface area contributed by atoms with Gasteiger partial charge in [-0.3, -0.25) is 4.79 Å². The van der Waals surface area contributed by atoms with Crippen LogP contribution < -0.4 is 0 Å². The summed E-state index contributed by atoms with van der Waals surface area (Å²) < 4.78 is 10.6. The fourth-order valence-electron chi connectivity index (χ4n) is 2.51. The highest BCUT2D eigenvalue weighted by Gasteiger charge is 2.26. The van der Waals surface area contributed by atoms with Crippen LogP contribution in [0.3, 0.4) is 0 Å². The maximum absolute atomic E-state index is 12.4. The standard InChI is InChI=1S/C16H18N2O3/c1-11(14(19)12-5-3-2-4-6-12)16-17-15(18-21-16)13-7-9-20-10-8-13/h2-6,11,13H,7-10H2,1H3. The summed E-state index contributed by atoms with van der Waals surface area (Å²) in [6.07, 6.45) is 1.81. The minimum Gasteiger partial charge on any atom is -0.381 e. The van der Waals surface area contributed by atoms with Crippen LogP contribution in [0.15, 0.2) is 34.9 Å². The number of carbonyl (C=O) groups is 1. The number of rotatable bonds is 4. The lowest BCUT2D eigenvalue weighted by Crippen LogP contribution is -2.15. The Bertz CT molecular complexity index is 603. The number of ketones is 1. The Morgan fingerprint density at radius 1 is 1.24 bits per heavy atom. The summed E-state index contributed by atoms with van der Waals surface area (Å²) in [4.78, 5) is 16.8. The van der Waals surface area contributed by atoms with Gasteiger partial charge in [0.15, 0.2) is 11.6 Å². The van der Waals surface area contributed by atoms with E-state index in [1.807, 2.05) is 18.2 Å². The van der Waals surface area contributed by atoms with Gasteiger partial charge in [-0.1, -0.05) is 35.5 Å². The molecular formula is C16H18N2O3. The smallest absolute Gasteiger partial charge is 0.237 e. The zero-order valence-electron chi connectivity index (χ0n) is 12.0. The molecule has 1 aromatic carbocycles. The summed E-state index contributed by atoms with van der Waals surface area (Å²) >= 11 is 0. The number of aromatic nitrogens is 2. The minimum absolute atomic E-state index is 0.00206. The summed E-state index contributed by atoms with van der Waals surface area (Å²) in [5.41, 5.74) is 0.663. The molecular weight excluding hydrogens is 268 g/mol. The van der Waals surface area contributed by atoms with Crippen molar-refractivity contribution in [3.05, 3.63) is 47.6 Å². The predicted molar refractivity (Wildman–Crippen MR) is 76.3 cm³/mol. The van der Waals surface area contributed by atoms with E-state index in [1.54, 1.807) is 19.1 Å². The van der Waals surface area contributed by atoms with Crippen molar-refractivity contribution in [3.63, 3.8) is 0 Å². The molecule has 5 nitrogen and oxygen atoms in total. The Balaban J connectivity index is 1.74. The van der Waals surface area contributed by atoms with Crippen LogP contribution in [0.1, 0.15) is 53.7 Å². The third-order valence-corrected chi connectivity index (χ3v) is 3.87. The molecule has 1 saturated heterocycles. The highest BCUT2D eigenvalue weighted by atomic mass is 16.5. The Labute approximate surface area is 123 Å². The van der Waals surface area contributed by atoms with Crippen molar-refractivity contribution in [1.29, 1.82) is 0 Å². The Hall–Kier alpha value is -2.01. The first-order chi connectivity index (χ1) is 10.3. The van der Waals surface area contributed by atoms with Gasteiger partial charge in [0.05, 0.1) is 5.92 Å². The maximum atomic E-state index is 12.4. The van der Waals surface area contributed by atoms with Crippen molar-refractivity contribution in [2.24, 2.45) is 0 Å². The van der Waals surface area contributed by atoms with E-state index in [-0.39, 0.29) is 11.7 Å². The molecule has 1 aliphatic heterocycles. The van der Waals surface area contributed by atoms with Gasteiger partial charge in [0.25, 0.3) is 0 Å². The van der Waals surface area contributed by atoms with Crippen LogP contribution in [-0.2, 0) is 4.74 Å². The number of ether oxygens (including phenoxy) is 1. The molecule has 2 aromatic rings. The van der Waals surface area contributed by atoms with Crippen molar-refractivity contribution >= 4 is 5.78 Å². The summed E-state index contributed by atoms with van der Waals surface area (Å²) in [6.45, 7) is 3.26. The number of nitrogens with zero attached hydrogens (tertiary/aromatic N) is 2. The highest BCUT2D eigenvalue weighted by molar-refractivity contribution is 6.00.